The molecule has 2 unspecified atom stereocenters. The van der Waals surface area contributed by atoms with Crippen LogP contribution in [-0.4, -0.2) is 69.6 Å². The minimum atomic E-state index is -0.847. The van der Waals surface area contributed by atoms with Gasteiger partial charge in [0.1, 0.15) is 6.04 Å². The highest BCUT2D eigenvalue weighted by Gasteiger charge is 2.74. The monoisotopic (exact) mass is 616 g/mol. The molecule has 0 aromatic heterocycles. The van der Waals surface area contributed by atoms with Gasteiger partial charge in [0.05, 0.1) is 35.8 Å². The number of hydrogen-bond donors (Lipinski definition) is 1. The third kappa shape index (κ3) is 5.74. The zero-order valence-corrected chi connectivity index (χ0v) is 26.6. The molecular weight excluding hydrogens is 572 g/mol. The summed E-state index contributed by atoms with van der Waals surface area (Å²) >= 11 is 1.62. The lowest BCUT2D eigenvalue weighted by Crippen LogP contribution is -2.58. The van der Waals surface area contributed by atoms with Gasteiger partial charge in [-0.15, -0.1) is 24.9 Å². The maximum absolute atomic E-state index is 15.0. The molecule has 6 atom stereocenters. The van der Waals surface area contributed by atoms with E-state index in [1.807, 2.05) is 68.5 Å². The van der Waals surface area contributed by atoms with Crippen LogP contribution in [-0.2, 0) is 25.5 Å². The van der Waals surface area contributed by atoms with Crippen LogP contribution in [0, 0.1) is 25.7 Å². The molecule has 3 aliphatic heterocycles. The van der Waals surface area contributed by atoms with Crippen molar-refractivity contribution in [3.8, 4) is 0 Å². The van der Waals surface area contributed by atoms with E-state index in [1.165, 1.54) is 0 Å². The van der Waals surface area contributed by atoms with Gasteiger partial charge in [-0.1, -0.05) is 60.7 Å². The van der Waals surface area contributed by atoms with E-state index in [0.717, 1.165) is 48.1 Å². The van der Waals surface area contributed by atoms with Gasteiger partial charge in [0.25, 0.3) is 5.91 Å². The lowest BCUT2D eigenvalue weighted by Gasteiger charge is -2.40. The molecule has 0 radical (unpaired) electrons. The number of unbranched alkanes of at least 4 members (excludes halogenated alkanes) is 2. The fraction of sp³-hybridized carbons (Fsp3) is 0.472. The summed E-state index contributed by atoms with van der Waals surface area (Å²) in [5.41, 5.74) is 3.68. The first-order valence-electron chi connectivity index (χ1n) is 15.7. The van der Waals surface area contributed by atoms with Crippen LogP contribution in [0.5, 0.6) is 0 Å². The molecule has 44 heavy (non-hydrogen) atoms. The summed E-state index contributed by atoms with van der Waals surface area (Å²) < 4.78 is 4.98. The van der Waals surface area contributed by atoms with Gasteiger partial charge in [0.15, 0.2) is 0 Å². The highest BCUT2D eigenvalue weighted by Crippen LogP contribution is 2.67. The number of carbonyl (C=O) groups excluding carboxylic acids is 3. The molecular formula is C36H44N2O5S. The van der Waals surface area contributed by atoms with E-state index in [-0.39, 0.29) is 36.2 Å². The van der Waals surface area contributed by atoms with Gasteiger partial charge in [-0.25, -0.2) is 0 Å². The van der Waals surface area contributed by atoms with E-state index >= 15 is 4.79 Å². The molecule has 3 saturated heterocycles. The van der Waals surface area contributed by atoms with Crippen LogP contribution in [0.2, 0.25) is 0 Å². The Hall–Kier alpha value is -3.36. The third-order valence-electron chi connectivity index (χ3n) is 9.50. The number of thioether (sulfide) groups is 1. The van der Waals surface area contributed by atoms with Crippen molar-refractivity contribution >= 4 is 35.2 Å². The van der Waals surface area contributed by atoms with Crippen molar-refractivity contribution in [2.75, 3.05) is 24.7 Å². The number of anilines is 1. The zero-order valence-electron chi connectivity index (χ0n) is 25.8. The smallest absolute Gasteiger partial charge is 0.310 e. The Balaban J connectivity index is 1.55. The summed E-state index contributed by atoms with van der Waals surface area (Å²) in [7, 11) is 0. The Morgan fingerprint density at radius 3 is 2.50 bits per heavy atom. The average molecular weight is 617 g/mol. The van der Waals surface area contributed by atoms with Crippen molar-refractivity contribution < 1.29 is 24.2 Å². The zero-order chi connectivity index (χ0) is 31.4. The molecule has 2 aromatic rings. The van der Waals surface area contributed by atoms with E-state index < -0.39 is 28.7 Å². The molecule has 234 valence electrons. The molecule has 3 aliphatic rings. The largest absolute Gasteiger partial charge is 0.465 e. The first kappa shape index (κ1) is 32.0. The molecule has 3 heterocycles. The van der Waals surface area contributed by atoms with Crippen LogP contribution in [0.4, 0.5) is 5.69 Å². The predicted molar refractivity (Wildman–Crippen MR) is 175 cm³/mol. The number of aliphatic hydroxyl groups excluding tert-OH is 1. The third-order valence-corrected chi connectivity index (χ3v) is 11.4. The molecule has 2 amide bonds. The van der Waals surface area contributed by atoms with Crippen molar-refractivity contribution in [2.24, 2.45) is 11.8 Å². The Morgan fingerprint density at radius 1 is 1.11 bits per heavy atom. The number of hydrogen-bond acceptors (Lipinski definition) is 6. The number of fused-ring (bicyclic) bond motifs is 1. The van der Waals surface area contributed by atoms with Gasteiger partial charge in [-0.3, -0.25) is 14.4 Å². The molecule has 3 fully saturated rings. The number of allylic oxidation sites excluding steroid dienone is 1. The molecule has 8 heteroatoms. The van der Waals surface area contributed by atoms with Gasteiger partial charge in [-0.05, 0) is 69.1 Å². The second-order valence-corrected chi connectivity index (χ2v) is 13.9. The van der Waals surface area contributed by atoms with E-state index in [2.05, 4.69) is 13.2 Å². The highest BCUT2D eigenvalue weighted by atomic mass is 32.2. The quantitative estimate of drug-likeness (QED) is 0.173. The fourth-order valence-corrected chi connectivity index (χ4v) is 9.82. The molecule has 7 nitrogen and oxygen atoms in total. The number of carbonyl (C=O) groups is 3. The van der Waals surface area contributed by atoms with Crippen molar-refractivity contribution in [1.29, 1.82) is 0 Å². The number of nitrogens with zero attached hydrogens (tertiary/aromatic N) is 2. The van der Waals surface area contributed by atoms with E-state index in [0.29, 0.717) is 19.4 Å². The number of esters is 1. The maximum atomic E-state index is 15.0. The van der Waals surface area contributed by atoms with Crippen LogP contribution in [0.25, 0.3) is 0 Å². The van der Waals surface area contributed by atoms with Gasteiger partial charge >= 0.3 is 5.97 Å². The maximum Gasteiger partial charge on any atom is 0.310 e. The molecule has 5 rings (SSSR count). The van der Waals surface area contributed by atoms with E-state index in [4.69, 9.17) is 4.74 Å². The Labute approximate surface area is 265 Å². The number of ether oxygens (including phenoxy) is 1. The normalized spacial score (nSPS) is 25.9. The predicted octanol–water partition coefficient (Wildman–Crippen LogP) is 5.42. The van der Waals surface area contributed by atoms with Crippen molar-refractivity contribution in [1.82, 2.24) is 4.90 Å². The van der Waals surface area contributed by atoms with Crippen LogP contribution < -0.4 is 4.90 Å². The van der Waals surface area contributed by atoms with Crippen LogP contribution in [0.1, 0.15) is 48.8 Å². The fourth-order valence-electron chi connectivity index (χ4n) is 7.63. The van der Waals surface area contributed by atoms with Gasteiger partial charge < -0.3 is 19.6 Å². The Morgan fingerprint density at radius 2 is 1.84 bits per heavy atom. The summed E-state index contributed by atoms with van der Waals surface area (Å²) in [6.45, 7) is 11.9. The highest BCUT2D eigenvalue weighted by molar-refractivity contribution is 8.02. The minimum absolute atomic E-state index is 0.0863. The second-order valence-electron chi connectivity index (χ2n) is 12.3. The van der Waals surface area contributed by atoms with Gasteiger partial charge in [-0.2, -0.15) is 0 Å². The van der Waals surface area contributed by atoms with E-state index in [9.17, 15) is 14.7 Å². The Bertz CT molecular complexity index is 1380. The standard InChI is InChI=1S/C36H44N2O5S/c1-5-7-8-12-21-43-35(42)29-28-18-19-36(44-28)30(29)33(40)38(27(23-39)22-26-16-10-9-11-17-26)32(36)34(41)37(20-6-2)31-24(3)14-13-15-25(31)4/h5-6,9-11,13-17,27-30,32,39H,1-2,7-8,12,18-23H2,3-4H3/t27-,28+,29-,30+,32?,36?/m1/s1. The average Bonchev–Trinajstić information content (AvgIpc) is 3.66. The first-order valence-corrected chi connectivity index (χ1v) is 16.6. The summed E-state index contributed by atoms with van der Waals surface area (Å²) in [5, 5.41) is 10.7. The van der Waals surface area contributed by atoms with Gasteiger partial charge in [0, 0.05) is 17.5 Å². The van der Waals surface area contributed by atoms with Crippen LogP contribution in [0.3, 0.4) is 0 Å². The van der Waals surface area contributed by atoms with Crippen LogP contribution >= 0.6 is 11.8 Å². The SMILES string of the molecule is C=CCCCCOC(=O)[C@@H]1[C@@H]2CCC3(S2)C(C(=O)N(CC=C)c2c(C)cccc2C)N([C@@H](CO)Cc2ccccc2)C(=O)[C@H]13. The molecule has 1 spiro atoms. The summed E-state index contributed by atoms with van der Waals surface area (Å²) in [4.78, 5) is 46.7. The number of aryl methyl sites for hydroxylation is 2. The molecule has 2 bridgehead atoms. The van der Waals surface area contributed by atoms with Crippen molar-refractivity contribution in [2.45, 2.75) is 74.5 Å². The number of likely N-dealkylation sites (tertiary alicyclic amines) is 1. The Kier molecular flexibility index (Phi) is 10.0. The number of rotatable bonds is 14. The second kappa shape index (κ2) is 13.7. The van der Waals surface area contributed by atoms with Crippen molar-refractivity contribution in [3.05, 3.63) is 90.5 Å². The van der Waals surface area contributed by atoms with Crippen molar-refractivity contribution in [3.63, 3.8) is 0 Å². The lowest BCUT2D eigenvalue weighted by atomic mass is 9.71. The number of para-hydroxylation sites is 1. The number of amides is 2. The molecule has 2 aromatic carbocycles. The summed E-state index contributed by atoms with van der Waals surface area (Å²) in [5.74, 6) is -2.09. The van der Waals surface area contributed by atoms with Gasteiger partial charge in [0.2, 0.25) is 5.91 Å². The molecule has 0 aliphatic carbocycles. The first-order chi connectivity index (χ1) is 21.3. The topological polar surface area (TPSA) is 87.2 Å². The lowest BCUT2D eigenvalue weighted by molar-refractivity contribution is -0.154. The number of benzene rings is 2. The molecule has 1 N–H and O–H groups in total. The molecule has 0 saturated carbocycles. The number of aliphatic hydroxyl groups is 1. The van der Waals surface area contributed by atoms with E-state index in [1.54, 1.807) is 27.6 Å². The summed E-state index contributed by atoms with van der Waals surface area (Å²) in [6, 6.07) is 14.2. The van der Waals surface area contributed by atoms with Crippen LogP contribution in [0.15, 0.2) is 73.8 Å². The minimum Gasteiger partial charge on any atom is -0.465 e. The summed E-state index contributed by atoms with van der Waals surface area (Å²) in [6.07, 6.45) is 7.80.